The molecule has 2 aromatic rings. The van der Waals surface area contributed by atoms with Crippen LogP contribution in [0.5, 0.6) is 5.75 Å². The van der Waals surface area contributed by atoms with Crippen molar-refractivity contribution in [1.82, 2.24) is 0 Å². The number of carbonyl (C=O) groups is 1. The van der Waals surface area contributed by atoms with Gasteiger partial charge >= 0.3 is 5.97 Å². The largest absolute Gasteiger partial charge is 0.497 e. The van der Waals surface area contributed by atoms with E-state index >= 15 is 0 Å². The summed E-state index contributed by atoms with van der Waals surface area (Å²) in [6, 6.07) is 9.71. The van der Waals surface area contributed by atoms with Gasteiger partial charge in [0, 0.05) is 5.69 Å². The summed E-state index contributed by atoms with van der Waals surface area (Å²) >= 11 is 0. The molecule has 6 nitrogen and oxygen atoms in total. The zero-order valence-corrected chi connectivity index (χ0v) is 13.4. The fraction of sp³-hybridized carbons (Fsp3) is 0.353. The van der Waals surface area contributed by atoms with Crippen LogP contribution >= 0.6 is 0 Å². The van der Waals surface area contributed by atoms with E-state index in [1.54, 1.807) is 50.4 Å². The number of hydrogen-bond donors (Lipinski definition) is 2. The summed E-state index contributed by atoms with van der Waals surface area (Å²) in [6.45, 7) is 3.27. The molecule has 0 saturated heterocycles. The van der Waals surface area contributed by atoms with Crippen molar-refractivity contribution in [3.63, 3.8) is 0 Å². The van der Waals surface area contributed by atoms with Crippen LogP contribution < -0.4 is 10.1 Å². The van der Waals surface area contributed by atoms with Crippen LogP contribution in [0.2, 0.25) is 0 Å². The first-order valence-corrected chi connectivity index (χ1v) is 7.32. The summed E-state index contributed by atoms with van der Waals surface area (Å²) in [6.07, 6.45) is 1.49. The van der Waals surface area contributed by atoms with Gasteiger partial charge in [-0.05, 0) is 50.2 Å². The first kappa shape index (κ1) is 16.9. The van der Waals surface area contributed by atoms with Crippen molar-refractivity contribution in [2.75, 3.05) is 19.0 Å². The number of furan rings is 1. The van der Waals surface area contributed by atoms with E-state index < -0.39 is 17.6 Å². The number of rotatable bonds is 7. The molecule has 0 aliphatic rings. The van der Waals surface area contributed by atoms with Gasteiger partial charge in [0.1, 0.15) is 17.6 Å². The molecule has 2 rings (SSSR count). The van der Waals surface area contributed by atoms with E-state index in [0.29, 0.717) is 17.2 Å². The number of benzene rings is 1. The Balaban J connectivity index is 2.29. The zero-order chi connectivity index (χ0) is 16.9. The molecule has 1 aromatic carbocycles. The molecule has 0 aliphatic heterocycles. The smallest absolute Gasteiger partial charge is 0.340 e. The van der Waals surface area contributed by atoms with Crippen molar-refractivity contribution >= 4 is 11.7 Å². The number of methoxy groups -OCH3 is 1. The summed E-state index contributed by atoms with van der Waals surface area (Å²) < 4.78 is 15.5. The molecule has 2 atom stereocenters. The standard InChI is InChI=1S/C17H21NO5/c1-4-22-16(19)17(2,20)15(14-6-5-11-23-14)18-12-7-9-13(21-3)10-8-12/h5-11,15,18,20H,4H2,1-3H3/t15-,17+/m1/s1. The molecule has 0 spiro atoms. The average Bonchev–Trinajstić information content (AvgIpc) is 3.07. The van der Waals surface area contributed by atoms with Crippen molar-refractivity contribution in [3.05, 3.63) is 48.4 Å². The molecule has 1 aromatic heterocycles. The maximum absolute atomic E-state index is 12.1. The van der Waals surface area contributed by atoms with Crippen molar-refractivity contribution in [1.29, 1.82) is 0 Å². The van der Waals surface area contributed by atoms with Crippen molar-refractivity contribution < 1.29 is 23.8 Å². The predicted octanol–water partition coefficient (Wildman–Crippen LogP) is 2.76. The monoisotopic (exact) mass is 319 g/mol. The number of esters is 1. The van der Waals surface area contributed by atoms with Crippen molar-refractivity contribution in [3.8, 4) is 5.75 Å². The molecule has 0 unspecified atom stereocenters. The van der Waals surface area contributed by atoms with Gasteiger partial charge < -0.3 is 24.3 Å². The quantitative estimate of drug-likeness (QED) is 0.764. The summed E-state index contributed by atoms with van der Waals surface area (Å²) in [5.41, 5.74) is -1.09. The van der Waals surface area contributed by atoms with Crippen LogP contribution in [0.3, 0.4) is 0 Å². The Kier molecular flexibility index (Phi) is 5.28. The maximum Gasteiger partial charge on any atom is 0.340 e. The van der Waals surface area contributed by atoms with Crippen LogP contribution in [-0.2, 0) is 9.53 Å². The van der Waals surface area contributed by atoms with Gasteiger partial charge in [-0.15, -0.1) is 0 Å². The van der Waals surface area contributed by atoms with Gasteiger partial charge in [-0.1, -0.05) is 0 Å². The van der Waals surface area contributed by atoms with E-state index in [4.69, 9.17) is 13.9 Å². The zero-order valence-electron chi connectivity index (χ0n) is 13.4. The van der Waals surface area contributed by atoms with E-state index in [9.17, 15) is 9.90 Å². The molecule has 0 aliphatic carbocycles. The van der Waals surface area contributed by atoms with Crippen LogP contribution in [0.1, 0.15) is 25.6 Å². The lowest BCUT2D eigenvalue weighted by molar-refractivity contribution is -0.165. The molecule has 0 amide bonds. The van der Waals surface area contributed by atoms with E-state index in [0.717, 1.165) is 0 Å². The molecule has 124 valence electrons. The normalized spacial score (nSPS) is 14.6. The van der Waals surface area contributed by atoms with E-state index in [1.807, 2.05) is 0 Å². The van der Waals surface area contributed by atoms with Gasteiger partial charge in [0.2, 0.25) is 0 Å². The van der Waals surface area contributed by atoms with Crippen LogP contribution in [0, 0.1) is 0 Å². The summed E-state index contributed by atoms with van der Waals surface area (Å²) in [5, 5.41) is 13.8. The molecular formula is C17H21NO5. The second-order valence-corrected chi connectivity index (χ2v) is 5.19. The summed E-state index contributed by atoms with van der Waals surface area (Å²) in [7, 11) is 1.58. The Bertz CT molecular complexity index is 619. The highest BCUT2D eigenvalue weighted by atomic mass is 16.5. The average molecular weight is 319 g/mol. The van der Waals surface area contributed by atoms with Gasteiger partial charge in [0.25, 0.3) is 0 Å². The molecular weight excluding hydrogens is 298 g/mol. The van der Waals surface area contributed by atoms with E-state index in [2.05, 4.69) is 5.32 Å². The second kappa shape index (κ2) is 7.19. The van der Waals surface area contributed by atoms with Gasteiger partial charge in [-0.3, -0.25) is 0 Å². The van der Waals surface area contributed by atoms with Crippen LogP contribution in [0.4, 0.5) is 5.69 Å². The van der Waals surface area contributed by atoms with Crippen molar-refractivity contribution in [2.24, 2.45) is 0 Å². The topological polar surface area (TPSA) is 80.9 Å². The maximum atomic E-state index is 12.1. The Labute approximate surface area is 135 Å². The lowest BCUT2D eigenvalue weighted by Gasteiger charge is -2.30. The number of hydrogen-bond acceptors (Lipinski definition) is 6. The number of ether oxygens (including phenoxy) is 2. The lowest BCUT2D eigenvalue weighted by Crippen LogP contribution is -2.46. The highest BCUT2D eigenvalue weighted by molar-refractivity contribution is 5.80. The first-order valence-electron chi connectivity index (χ1n) is 7.32. The first-order chi connectivity index (χ1) is 11.0. The fourth-order valence-electron chi connectivity index (χ4n) is 2.19. The molecule has 1 heterocycles. The number of anilines is 1. The Hall–Kier alpha value is -2.47. The molecule has 0 bridgehead atoms. The third-order valence-electron chi connectivity index (χ3n) is 3.48. The second-order valence-electron chi connectivity index (χ2n) is 5.19. The third kappa shape index (κ3) is 3.84. The number of nitrogens with one attached hydrogen (secondary N) is 1. The van der Waals surface area contributed by atoms with E-state index in [1.165, 1.54) is 13.2 Å². The molecule has 0 saturated carbocycles. The Morgan fingerprint density at radius 2 is 2.04 bits per heavy atom. The number of aliphatic hydroxyl groups is 1. The lowest BCUT2D eigenvalue weighted by atomic mass is 9.94. The van der Waals surface area contributed by atoms with E-state index in [-0.39, 0.29) is 6.61 Å². The SMILES string of the molecule is CCOC(=O)[C@@](C)(O)[C@H](Nc1ccc(OC)cc1)c1ccco1. The van der Waals surface area contributed by atoms with Crippen LogP contribution in [0.25, 0.3) is 0 Å². The highest BCUT2D eigenvalue weighted by Gasteiger charge is 2.43. The molecule has 0 fully saturated rings. The minimum Gasteiger partial charge on any atom is -0.497 e. The van der Waals surface area contributed by atoms with Crippen LogP contribution in [0.15, 0.2) is 47.1 Å². The molecule has 0 radical (unpaired) electrons. The van der Waals surface area contributed by atoms with Crippen molar-refractivity contribution in [2.45, 2.75) is 25.5 Å². The van der Waals surface area contributed by atoms with Gasteiger partial charge in [0.05, 0.1) is 20.0 Å². The number of carbonyl (C=O) groups excluding carboxylic acids is 1. The molecule has 6 heteroatoms. The predicted molar refractivity (Wildman–Crippen MR) is 85.3 cm³/mol. The van der Waals surface area contributed by atoms with Crippen LogP contribution in [-0.4, -0.2) is 30.4 Å². The van der Waals surface area contributed by atoms with Gasteiger partial charge in [-0.25, -0.2) is 4.79 Å². The molecule has 23 heavy (non-hydrogen) atoms. The Morgan fingerprint density at radius 1 is 1.35 bits per heavy atom. The minimum atomic E-state index is -1.80. The minimum absolute atomic E-state index is 0.183. The molecule has 2 N–H and O–H groups in total. The highest BCUT2D eigenvalue weighted by Crippen LogP contribution is 2.32. The van der Waals surface area contributed by atoms with Gasteiger partial charge in [0.15, 0.2) is 5.60 Å². The summed E-state index contributed by atoms with van der Waals surface area (Å²) in [4.78, 5) is 12.1. The Morgan fingerprint density at radius 3 is 2.57 bits per heavy atom. The summed E-state index contributed by atoms with van der Waals surface area (Å²) in [5.74, 6) is 0.420. The third-order valence-corrected chi connectivity index (χ3v) is 3.48. The fourth-order valence-corrected chi connectivity index (χ4v) is 2.19. The van der Waals surface area contributed by atoms with Gasteiger partial charge in [-0.2, -0.15) is 0 Å².